The van der Waals surface area contributed by atoms with Gasteiger partial charge in [-0.25, -0.2) is 4.98 Å². The molecule has 0 radical (unpaired) electrons. The molecule has 3 heterocycles. The van der Waals surface area contributed by atoms with Crippen molar-refractivity contribution < 1.29 is 14.6 Å². The van der Waals surface area contributed by atoms with Crippen LogP contribution in [-0.2, 0) is 11.3 Å². The van der Waals surface area contributed by atoms with Gasteiger partial charge in [-0.2, -0.15) is 0 Å². The number of benzene rings is 1. The van der Waals surface area contributed by atoms with Crippen LogP contribution in [-0.4, -0.2) is 66.6 Å². The molecule has 34 heavy (non-hydrogen) atoms. The van der Waals surface area contributed by atoms with Crippen molar-refractivity contribution in [3.8, 4) is 11.5 Å². The van der Waals surface area contributed by atoms with E-state index in [0.717, 1.165) is 43.3 Å². The first-order chi connectivity index (χ1) is 16.5. The van der Waals surface area contributed by atoms with Crippen molar-refractivity contribution in [2.24, 2.45) is 0 Å². The van der Waals surface area contributed by atoms with Gasteiger partial charge in [0.15, 0.2) is 0 Å². The van der Waals surface area contributed by atoms with Crippen LogP contribution in [0.1, 0.15) is 22.9 Å². The molecule has 1 saturated heterocycles. The van der Waals surface area contributed by atoms with Crippen molar-refractivity contribution >= 4 is 5.82 Å². The smallest absolute Gasteiger partial charge is 0.259 e. The molecule has 1 aliphatic heterocycles. The molecule has 1 unspecified atom stereocenters. The second-order valence-corrected chi connectivity index (χ2v) is 8.42. The lowest BCUT2D eigenvalue weighted by Crippen LogP contribution is -2.49. The predicted octanol–water partition coefficient (Wildman–Crippen LogP) is 2.82. The van der Waals surface area contributed by atoms with Crippen LogP contribution in [0.4, 0.5) is 5.82 Å². The maximum atomic E-state index is 13.7. The minimum Gasteiger partial charge on any atom is -0.507 e. The second kappa shape index (κ2) is 10.7. The Morgan fingerprint density at radius 2 is 1.79 bits per heavy atom. The average Bonchev–Trinajstić information content (AvgIpc) is 2.87. The van der Waals surface area contributed by atoms with Crippen LogP contribution in [0, 0.1) is 6.92 Å². The van der Waals surface area contributed by atoms with Crippen molar-refractivity contribution in [3.63, 3.8) is 0 Å². The Bertz CT molecular complexity index is 1140. The molecule has 8 heteroatoms. The van der Waals surface area contributed by atoms with Gasteiger partial charge >= 0.3 is 0 Å². The zero-order valence-corrected chi connectivity index (χ0v) is 20.0. The van der Waals surface area contributed by atoms with Crippen LogP contribution in [0.2, 0.25) is 0 Å². The molecule has 1 N–H and O–H groups in total. The molecular weight excluding hydrogens is 432 g/mol. The summed E-state index contributed by atoms with van der Waals surface area (Å²) in [5.41, 5.74) is 1.83. The summed E-state index contributed by atoms with van der Waals surface area (Å²) in [4.78, 5) is 22.6. The van der Waals surface area contributed by atoms with Crippen LogP contribution >= 0.6 is 0 Å². The molecule has 2 aromatic heterocycles. The first-order valence-corrected chi connectivity index (χ1v) is 11.5. The number of aromatic nitrogens is 2. The van der Waals surface area contributed by atoms with Gasteiger partial charge in [0.1, 0.15) is 17.3 Å². The monoisotopic (exact) mass is 464 g/mol. The number of hydrogen-bond donors (Lipinski definition) is 1. The maximum Gasteiger partial charge on any atom is 0.259 e. The number of aromatic hydroxyl groups is 1. The fraction of sp³-hybridized carbons (Fsp3) is 0.385. The van der Waals surface area contributed by atoms with Gasteiger partial charge in [0.2, 0.25) is 0 Å². The van der Waals surface area contributed by atoms with E-state index in [0.29, 0.717) is 24.4 Å². The number of anilines is 1. The van der Waals surface area contributed by atoms with Crippen LogP contribution in [0.25, 0.3) is 0 Å². The Hall–Kier alpha value is -3.36. The van der Waals surface area contributed by atoms with E-state index in [-0.39, 0.29) is 11.3 Å². The Balaban J connectivity index is 1.72. The third-order valence-corrected chi connectivity index (χ3v) is 6.40. The lowest BCUT2D eigenvalue weighted by molar-refractivity contribution is 0.183. The van der Waals surface area contributed by atoms with Gasteiger partial charge in [-0.1, -0.05) is 18.2 Å². The van der Waals surface area contributed by atoms with Crippen molar-refractivity contribution in [1.29, 1.82) is 0 Å². The third kappa shape index (κ3) is 4.93. The van der Waals surface area contributed by atoms with E-state index in [1.165, 1.54) is 0 Å². The third-order valence-electron chi connectivity index (χ3n) is 6.40. The van der Waals surface area contributed by atoms with Crippen LogP contribution < -0.4 is 15.2 Å². The van der Waals surface area contributed by atoms with Gasteiger partial charge in [0.25, 0.3) is 5.56 Å². The van der Waals surface area contributed by atoms with Crippen molar-refractivity contribution in [2.75, 3.05) is 51.9 Å². The first-order valence-electron chi connectivity index (χ1n) is 11.5. The Kier molecular flexibility index (Phi) is 7.49. The SMILES string of the molecule is COCCn1c(C)cc(O)c(C(c2ccc(OC)cc2)N2CCN(c3ccccn3)CC2)c1=O. The zero-order valence-electron chi connectivity index (χ0n) is 20.0. The number of nitrogens with zero attached hydrogens (tertiary/aromatic N) is 4. The summed E-state index contributed by atoms with van der Waals surface area (Å²) in [7, 11) is 3.24. The molecule has 8 nitrogen and oxygen atoms in total. The quantitative estimate of drug-likeness (QED) is 0.549. The molecule has 1 fully saturated rings. The molecule has 1 aliphatic rings. The van der Waals surface area contributed by atoms with Crippen LogP contribution in [0.5, 0.6) is 11.5 Å². The summed E-state index contributed by atoms with van der Waals surface area (Å²) in [6, 6.07) is 14.9. The normalized spacial score (nSPS) is 15.3. The number of rotatable bonds is 8. The molecule has 4 rings (SSSR count). The number of methoxy groups -OCH3 is 2. The van der Waals surface area contributed by atoms with Crippen LogP contribution in [0.3, 0.4) is 0 Å². The molecule has 180 valence electrons. The Labute approximate surface area is 200 Å². The number of hydrogen-bond acceptors (Lipinski definition) is 7. The van der Waals surface area contributed by atoms with E-state index >= 15 is 0 Å². The average molecular weight is 465 g/mol. The zero-order chi connectivity index (χ0) is 24.1. The molecule has 0 bridgehead atoms. The van der Waals surface area contributed by atoms with E-state index in [1.54, 1.807) is 31.0 Å². The summed E-state index contributed by atoms with van der Waals surface area (Å²) in [6.45, 7) is 5.66. The fourth-order valence-electron chi connectivity index (χ4n) is 4.58. The standard InChI is InChI=1S/C26H32N4O4/c1-19-18-22(31)24(26(32)30(19)16-17-33-2)25(20-7-9-21(34-3)10-8-20)29-14-12-28(13-15-29)23-6-4-5-11-27-23/h4-11,18,25,31H,12-17H2,1-3H3. The lowest BCUT2D eigenvalue weighted by Gasteiger charge is -2.40. The highest BCUT2D eigenvalue weighted by atomic mass is 16.5. The van der Waals surface area contributed by atoms with Crippen LogP contribution in [0.15, 0.2) is 59.5 Å². The molecule has 1 aromatic carbocycles. The molecular formula is C26H32N4O4. The van der Waals surface area contributed by atoms with Gasteiger partial charge in [-0.15, -0.1) is 0 Å². The summed E-state index contributed by atoms with van der Waals surface area (Å²) in [5.74, 6) is 1.71. The van der Waals surface area contributed by atoms with Crippen molar-refractivity contribution in [3.05, 3.63) is 81.9 Å². The topological polar surface area (TPSA) is 80.1 Å². The predicted molar refractivity (Wildman–Crippen MR) is 132 cm³/mol. The summed E-state index contributed by atoms with van der Waals surface area (Å²) >= 11 is 0. The molecule has 0 saturated carbocycles. The Morgan fingerprint density at radius 1 is 1.06 bits per heavy atom. The highest BCUT2D eigenvalue weighted by molar-refractivity contribution is 5.43. The van der Waals surface area contributed by atoms with Crippen molar-refractivity contribution in [2.45, 2.75) is 19.5 Å². The van der Waals surface area contributed by atoms with Gasteiger partial charge in [0, 0.05) is 51.7 Å². The van der Waals surface area contributed by atoms with E-state index in [2.05, 4.69) is 14.8 Å². The van der Waals surface area contributed by atoms with E-state index in [4.69, 9.17) is 9.47 Å². The van der Waals surface area contributed by atoms with Gasteiger partial charge in [-0.3, -0.25) is 9.69 Å². The number of piperazine rings is 1. The Morgan fingerprint density at radius 3 is 2.41 bits per heavy atom. The molecule has 0 aliphatic carbocycles. The maximum absolute atomic E-state index is 13.7. The molecule has 3 aromatic rings. The minimum atomic E-state index is -0.390. The largest absolute Gasteiger partial charge is 0.507 e. The first kappa shape index (κ1) is 23.8. The number of ether oxygens (including phenoxy) is 2. The summed E-state index contributed by atoms with van der Waals surface area (Å²) in [5, 5.41) is 11.0. The number of aryl methyl sites for hydroxylation is 1. The van der Waals surface area contributed by atoms with E-state index in [9.17, 15) is 9.90 Å². The summed E-state index contributed by atoms with van der Waals surface area (Å²) < 4.78 is 12.2. The number of pyridine rings is 2. The highest BCUT2D eigenvalue weighted by Crippen LogP contribution is 2.34. The fourth-order valence-corrected chi connectivity index (χ4v) is 4.58. The highest BCUT2D eigenvalue weighted by Gasteiger charge is 2.31. The minimum absolute atomic E-state index is 0.0177. The van der Waals surface area contributed by atoms with Crippen molar-refractivity contribution in [1.82, 2.24) is 14.5 Å². The molecule has 0 amide bonds. The van der Waals surface area contributed by atoms with E-state index in [1.807, 2.05) is 49.4 Å². The van der Waals surface area contributed by atoms with Gasteiger partial charge in [0.05, 0.1) is 25.3 Å². The second-order valence-electron chi connectivity index (χ2n) is 8.42. The molecule has 1 atom stereocenters. The lowest BCUT2D eigenvalue weighted by atomic mass is 9.95. The summed E-state index contributed by atoms with van der Waals surface area (Å²) in [6.07, 6.45) is 1.80. The van der Waals surface area contributed by atoms with Gasteiger partial charge < -0.3 is 24.0 Å². The van der Waals surface area contributed by atoms with E-state index < -0.39 is 6.04 Å². The van der Waals surface area contributed by atoms with Gasteiger partial charge in [-0.05, 0) is 42.8 Å². The molecule has 0 spiro atoms.